The molecule has 0 fully saturated rings. The van der Waals surface area contributed by atoms with Crippen LogP contribution in [0.15, 0.2) is 146 Å². The van der Waals surface area contributed by atoms with Gasteiger partial charge in [0.1, 0.15) is 0 Å². The summed E-state index contributed by atoms with van der Waals surface area (Å²) in [4.78, 5) is 0. The third-order valence-corrected chi connectivity index (χ3v) is 13.0. The number of hydrogen-bond acceptors (Lipinski definition) is 1. The molecule has 0 saturated heterocycles. The number of aromatic nitrogens is 3. The molecule has 12 rings (SSSR count). The van der Waals surface area contributed by atoms with Gasteiger partial charge in [0.15, 0.2) is 12.4 Å². The Labute approximate surface area is 292 Å². The fourth-order valence-electron chi connectivity index (χ4n) is 9.67. The Balaban J connectivity index is 1.20. The highest BCUT2D eigenvalue weighted by Gasteiger charge is 2.47. The summed E-state index contributed by atoms with van der Waals surface area (Å²) in [5, 5.41) is 8.01. The van der Waals surface area contributed by atoms with E-state index >= 15 is 0 Å². The van der Waals surface area contributed by atoms with Crippen LogP contribution < -0.4 is 9.13 Å². The first-order chi connectivity index (χ1) is 24.7. The molecule has 0 bridgehead atoms. The van der Waals surface area contributed by atoms with Gasteiger partial charge in [-0.1, -0.05) is 66.7 Å². The number of rotatable bonds is 0. The topological polar surface area (TPSA) is 12.2 Å². The van der Waals surface area contributed by atoms with Crippen LogP contribution in [-0.4, -0.2) is 4.40 Å². The lowest BCUT2D eigenvalue weighted by Crippen LogP contribution is -2.53. The van der Waals surface area contributed by atoms with Gasteiger partial charge in [0.2, 0.25) is 23.1 Å². The molecular weight excluding hydrogens is 627 g/mol. The van der Waals surface area contributed by atoms with Crippen LogP contribution in [0.25, 0.3) is 86.5 Å². The maximum absolute atomic E-state index is 4.89. The summed E-state index contributed by atoms with van der Waals surface area (Å²) in [5.74, 6) is 0.236. The highest BCUT2D eigenvalue weighted by Crippen LogP contribution is 2.50. The van der Waals surface area contributed by atoms with E-state index in [0.717, 1.165) is 18.5 Å². The molecule has 0 N–H and O–H groups in total. The van der Waals surface area contributed by atoms with E-state index in [9.17, 15) is 0 Å². The van der Waals surface area contributed by atoms with Crippen LogP contribution in [-0.2, 0) is 6.42 Å². The summed E-state index contributed by atoms with van der Waals surface area (Å²) in [6.07, 6.45) is 6.50. The van der Waals surface area contributed by atoms with E-state index in [0.29, 0.717) is 0 Å². The standard InChI is InChI=1S/C46H31N3S/c1-27-43-34(20-19-28-11-2-3-12-29(28)39-16-6-8-23-47(27)39)36-26-41-37(25-38(36)40-17-7-9-24-48(40)43)32-15-10-14-31-33-21-22-35-30-13-4-5-18-42(30)50-46(35)45(33)49(41)44(31)32/h2-18,21-26,34,43H,1,19-20H2/q+2. The monoisotopic (exact) mass is 657 g/mol. The largest absolute Gasteiger partial charge is 0.307 e. The van der Waals surface area contributed by atoms with E-state index in [4.69, 9.17) is 6.58 Å². The number of fused-ring (bicyclic) bond motifs is 19. The fourth-order valence-corrected chi connectivity index (χ4v) is 10.9. The van der Waals surface area contributed by atoms with Crippen LogP contribution in [0.2, 0.25) is 0 Å². The number of hydrogen-bond donors (Lipinski definition) is 0. The van der Waals surface area contributed by atoms with E-state index < -0.39 is 0 Å². The van der Waals surface area contributed by atoms with Crippen molar-refractivity contribution in [2.24, 2.45) is 0 Å². The summed E-state index contributed by atoms with van der Waals surface area (Å²) < 4.78 is 10.2. The van der Waals surface area contributed by atoms with Crippen LogP contribution in [0.1, 0.15) is 29.5 Å². The smallest absolute Gasteiger partial charge is 0.249 e. The highest BCUT2D eigenvalue weighted by atomic mass is 32.1. The molecule has 0 aliphatic carbocycles. The van der Waals surface area contributed by atoms with Crippen LogP contribution in [0.3, 0.4) is 0 Å². The Kier molecular flexibility index (Phi) is 5.22. The molecule has 2 atom stereocenters. The average molecular weight is 658 g/mol. The van der Waals surface area contributed by atoms with Crippen molar-refractivity contribution in [1.29, 1.82) is 0 Å². The SMILES string of the molecule is C=C1C2C(CCc3ccccc3-c3cccc[n+]31)c1cc3c(cc1-c1cccc[n+]12)c1cccc2c4ccc5c6ccccc6sc5c4n3c12. The van der Waals surface area contributed by atoms with E-state index in [1.165, 1.54) is 91.9 Å². The minimum atomic E-state index is 0.0664. The van der Waals surface area contributed by atoms with Crippen molar-refractivity contribution in [2.75, 3.05) is 0 Å². The molecule has 5 aromatic carbocycles. The normalized spacial score (nSPS) is 17.1. The number of aryl methyl sites for hydroxylation is 1. The van der Waals surface area contributed by atoms with E-state index in [2.05, 4.69) is 153 Å². The molecule has 0 radical (unpaired) electrons. The number of para-hydroxylation sites is 1. The van der Waals surface area contributed by atoms with Crippen molar-refractivity contribution in [3.63, 3.8) is 0 Å². The van der Waals surface area contributed by atoms with Crippen molar-refractivity contribution in [1.82, 2.24) is 4.40 Å². The van der Waals surface area contributed by atoms with Gasteiger partial charge in [-0.05, 0) is 66.9 Å². The molecule has 4 heteroatoms. The van der Waals surface area contributed by atoms with E-state index in [1.807, 2.05) is 11.3 Å². The number of allylic oxidation sites excluding steroid dienone is 1. The van der Waals surface area contributed by atoms with Gasteiger partial charge >= 0.3 is 0 Å². The lowest BCUT2D eigenvalue weighted by Gasteiger charge is -2.29. The van der Waals surface area contributed by atoms with Gasteiger partial charge in [-0.3, -0.25) is 0 Å². The molecule has 7 heterocycles. The Morgan fingerprint density at radius 2 is 1.36 bits per heavy atom. The predicted octanol–water partition coefficient (Wildman–Crippen LogP) is 10.9. The zero-order valence-electron chi connectivity index (χ0n) is 27.3. The van der Waals surface area contributed by atoms with Gasteiger partial charge in [-0.2, -0.15) is 9.13 Å². The molecule has 2 aliphatic heterocycles. The first-order valence-corrected chi connectivity index (χ1v) is 18.4. The summed E-state index contributed by atoms with van der Waals surface area (Å²) in [5.41, 5.74) is 13.0. The van der Waals surface area contributed by atoms with Crippen molar-refractivity contribution in [2.45, 2.75) is 24.8 Å². The minimum Gasteiger partial charge on any atom is -0.307 e. The molecule has 0 saturated carbocycles. The summed E-state index contributed by atoms with van der Waals surface area (Å²) in [6, 6.07) is 47.8. The van der Waals surface area contributed by atoms with Gasteiger partial charge in [0, 0.05) is 66.8 Å². The molecular formula is C46H31N3S+2. The Morgan fingerprint density at radius 3 is 2.30 bits per heavy atom. The van der Waals surface area contributed by atoms with Gasteiger partial charge in [-0.15, -0.1) is 11.3 Å². The van der Waals surface area contributed by atoms with Crippen LogP contribution in [0.5, 0.6) is 0 Å². The van der Waals surface area contributed by atoms with Crippen molar-refractivity contribution in [3.8, 4) is 22.5 Å². The predicted molar refractivity (Wildman–Crippen MR) is 207 cm³/mol. The average Bonchev–Trinajstić information content (AvgIpc) is 3.83. The number of pyridine rings is 2. The summed E-state index contributed by atoms with van der Waals surface area (Å²) in [7, 11) is 0. The molecule has 10 aromatic rings. The maximum atomic E-state index is 4.89. The van der Waals surface area contributed by atoms with Gasteiger partial charge < -0.3 is 4.40 Å². The zero-order valence-corrected chi connectivity index (χ0v) is 28.1. The Bertz CT molecular complexity index is 3090. The second-order valence-corrected chi connectivity index (χ2v) is 15.2. The first kappa shape index (κ1) is 27.0. The second-order valence-electron chi connectivity index (χ2n) is 14.1. The Hall–Kier alpha value is -5.84. The van der Waals surface area contributed by atoms with Crippen molar-refractivity contribution >= 4 is 75.3 Å². The van der Waals surface area contributed by atoms with Crippen LogP contribution in [0, 0.1) is 0 Å². The third-order valence-electron chi connectivity index (χ3n) is 11.8. The number of nitrogens with zero attached hydrogens (tertiary/aromatic N) is 3. The highest BCUT2D eigenvalue weighted by molar-refractivity contribution is 7.26. The maximum Gasteiger partial charge on any atom is 0.249 e. The molecule has 50 heavy (non-hydrogen) atoms. The molecule has 0 amide bonds. The fraction of sp³-hybridized carbons (Fsp3) is 0.0870. The van der Waals surface area contributed by atoms with Crippen molar-refractivity contribution in [3.05, 3.63) is 157 Å². The molecule has 0 spiro atoms. The van der Waals surface area contributed by atoms with Crippen LogP contribution >= 0.6 is 11.3 Å². The lowest BCUT2D eigenvalue weighted by atomic mass is 9.78. The molecule has 2 aliphatic rings. The summed E-state index contributed by atoms with van der Waals surface area (Å²) in [6.45, 7) is 4.89. The van der Waals surface area contributed by atoms with E-state index in [-0.39, 0.29) is 12.0 Å². The van der Waals surface area contributed by atoms with Gasteiger partial charge in [0.25, 0.3) is 0 Å². The van der Waals surface area contributed by atoms with Gasteiger partial charge in [0.05, 0.1) is 32.7 Å². The minimum absolute atomic E-state index is 0.0664. The quantitative estimate of drug-likeness (QED) is 0.144. The molecule has 5 aromatic heterocycles. The number of thiophene rings is 1. The molecule has 3 nitrogen and oxygen atoms in total. The Morgan fingerprint density at radius 1 is 0.620 bits per heavy atom. The zero-order chi connectivity index (χ0) is 32.7. The number of benzene rings is 5. The lowest BCUT2D eigenvalue weighted by molar-refractivity contribution is -0.727. The first-order valence-electron chi connectivity index (χ1n) is 17.6. The molecule has 234 valence electrons. The van der Waals surface area contributed by atoms with Crippen molar-refractivity contribution < 1.29 is 9.13 Å². The van der Waals surface area contributed by atoms with Gasteiger partial charge in [-0.25, -0.2) is 0 Å². The second kappa shape index (κ2) is 9.65. The third kappa shape index (κ3) is 3.34. The summed E-state index contributed by atoms with van der Waals surface area (Å²) >= 11 is 1.93. The van der Waals surface area contributed by atoms with E-state index in [1.54, 1.807) is 0 Å². The molecule has 2 unspecified atom stereocenters. The van der Waals surface area contributed by atoms with Crippen LogP contribution in [0.4, 0.5) is 0 Å².